The second-order valence-corrected chi connectivity index (χ2v) is 4.42. The van der Waals surface area contributed by atoms with Gasteiger partial charge in [-0.2, -0.15) is 5.10 Å². The first-order valence-electron chi connectivity index (χ1n) is 5.64. The number of hydrogen-bond donors (Lipinski definition) is 1. The lowest BCUT2D eigenvalue weighted by atomic mass is 10.3. The van der Waals surface area contributed by atoms with E-state index in [1.807, 2.05) is 6.07 Å². The van der Waals surface area contributed by atoms with Gasteiger partial charge in [0.05, 0.1) is 27.2 Å². The summed E-state index contributed by atoms with van der Waals surface area (Å²) < 4.78 is 1.63. The Morgan fingerprint density at radius 3 is 2.95 bits per heavy atom. The molecule has 8 heteroatoms. The van der Waals surface area contributed by atoms with E-state index in [0.29, 0.717) is 16.5 Å². The Morgan fingerprint density at radius 2 is 2.15 bits per heavy atom. The van der Waals surface area contributed by atoms with Crippen molar-refractivity contribution in [3.63, 3.8) is 0 Å². The molecule has 0 saturated carbocycles. The Balaban J connectivity index is 1.98. The minimum Gasteiger partial charge on any atom is -0.339 e. The highest BCUT2D eigenvalue weighted by atomic mass is 35.5. The Morgan fingerprint density at radius 1 is 1.30 bits per heavy atom. The molecular formula is C12H8ClN5O2. The summed E-state index contributed by atoms with van der Waals surface area (Å²) in [5.74, 6) is 0.352. The number of nitrogens with one attached hydrogen (secondary N) is 1. The molecule has 0 aromatic carbocycles. The van der Waals surface area contributed by atoms with E-state index in [0.717, 1.165) is 5.52 Å². The molecule has 0 atom stereocenters. The van der Waals surface area contributed by atoms with Crippen LogP contribution in [0, 0.1) is 10.1 Å². The van der Waals surface area contributed by atoms with Crippen LogP contribution >= 0.6 is 11.6 Å². The van der Waals surface area contributed by atoms with Crippen molar-refractivity contribution >= 4 is 34.3 Å². The molecule has 0 fully saturated rings. The van der Waals surface area contributed by atoms with Crippen LogP contribution in [0.15, 0.2) is 42.9 Å². The number of fused-ring (bicyclic) bond motifs is 1. The van der Waals surface area contributed by atoms with E-state index in [-0.39, 0.29) is 5.69 Å². The number of nitro groups is 1. The third-order valence-corrected chi connectivity index (χ3v) is 3.00. The van der Waals surface area contributed by atoms with Crippen molar-refractivity contribution in [3.05, 3.63) is 58.0 Å². The first kappa shape index (κ1) is 12.4. The number of nitrogens with zero attached hydrogens (tertiary/aromatic N) is 4. The summed E-state index contributed by atoms with van der Waals surface area (Å²) >= 11 is 6.13. The van der Waals surface area contributed by atoms with Crippen molar-refractivity contribution in [1.82, 2.24) is 14.6 Å². The number of halogens is 1. The van der Waals surface area contributed by atoms with Gasteiger partial charge < -0.3 is 5.32 Å². The fourth-order valence-corrected chi connectivity index (χ4v) is 1.97. The highest BCUT2D eigenvalue weighted by Gasteiger charge is 2.09. The molecule has 0 aliphatic carbocycles. The molecule has 0 spiro atoms. The largest absolute Gasteiger partial charge is 0.339 e. The van der Waals surface area contributed by atoms with E-state index in [9.17, 15) is 10.1 Å². The van der Waals surface area contributed by atoms with E-state index >= 15 is 0 Å². The SMILES string of the molecule is O=[N+]([O-])c1ccnc(Nc2cc3ccnn3cc2Cl)c1. The van der Waals surface area contributed by atoms with E-state index in [4.69, 9.17) is 11.6 Å². The third-order valence-electron chi connectivity index (χ3n) is 2.70. The number of pyridine rings is 2. The number of hydrogen-bond acceptors (Lipinski definition) is 5. The molecule has 0 bridgehead atoms. The van der Waals surface area contributed by atoms with Gasteiger partial charge in [-0.3, -0.25) is 10.1 Å². The fraction of sp³-hybridized carbons (Fsp3) is 0. The minimum absolute atomic E-state index is 0.0379. The summed E-state index contributed by atoms with van der Waals surface area (Å²) in [7, 11) is 0. The zero-order chi connectivity index (χ0) is 14.1. The molecule has 3 aromatic rings. The van der Waals surface area contributed by atoms with Gasteiger partial charge in [0.2, 0.25) is 0 Å². The lowest BCUT2D eigenvalue weighted by molar-refractivity contribution is -0.384. The van der Waals surface area contributed by atoms with Crippen molar-refractivity contribution < 1.29 is 4.92 Å². The van der Waals surface area contributed by atoms with Crippen LogP contribution in [0.1, 0.15) is 0 Å². The van der Waals surface area contributed by atoms with Gasteiger partial charge in [-0.1, -0.05) is 11.6 Å². The predicted molar refractivity (Wildman–Crippen MR) is 74.4 cm³/mol. The van der Waals surface area contributed by atoms with Crippen molar-refractivity contribution in [3.8, 4) is 0 Å². The molecule has 0 aliphatic heterocycles. The standard InChI is InChI=1S/C12H8ClN5O2/c13-10-7-17-8(2-4-15-17)5-11(10)16-12-6-9(18(19)20)1-3-14-12/h1-7H,(H,14,16). The van der Waals surface area contributed by atoms with Gasteiger partial charge in [-0.15, -0.1) is 0 Å². The van der Waals surface area contributed by atoms with Crippen molar-refractivity contribution in [2.75, 3.05) is 5.32 Å². The van der Waals surface area contributed by atoms with Crippen molar-refractivity contribution in [1.29, 1.82) is 0 Å². The molecule has 3 heterocycles. The topological polar surface area (TPSA) is 85.4 Å². The van der Waals surface area contributed by atoms with Crippen LogP contribution in [-0.4, -0.2) is 19.5 Å². The van der Waals surface area contributed by atoms with E-state index in [1.165, 1.54) is 18.3 Å². The summed E-state index contributed by atoms with van der Waals surface area (Å²) in [5, 5.41) is 18.2. The lowest BCUT2D eigenvalue weighted by Gasteiger charge is -2.08. The Kier molecular flexibility index (Phi) is 2.96. The maximum atomic E-state index is 10.7. The quantitative estimate of drug-likeness (QED) is 0.591. The van der Waals surface area contributed by atoms with E-state index in [1.54, 1.807) is 23.0 Å². The smallest absolute Gasteiger partial charge is 0.274 e. The van der Waals surface area contributed by atoms with Gasteiger partial charge >= 0.3 is 0 Å². The first-order valence-corrected chi connectivity index (χ1v) is 6.01. The number of rotatable bonds is 3. The van der Waals surface area contributed by atoms with Crippen LogP contribution in [0.2, 0.25) is 5.02 Å². The second kappa shape index (κ2) is 4.78. The van der Waals surface area contributed by atoms with Gasteiger partial charge in [0, 0.05) is 24.7 Å². The van der Waals surface area contributed by atoms with E-state index in [2.05, 4.69) is 15.4 Å². The highest BCUT2D eigenvalue weighted by molar-refractivity contribution is 6.33. The highest BCUT2D eigenvalue weighted by Crippen LogP contribution is 2.27. The summed E-state index contributed by atoms with van der Waals surface area (Å²) in [6.45, 7) is 0. The number of aromatic nitrogens is 3. The molecule has 3 rings (SSSR count). The average molecular weight is 290 g/mol. The lowest BCUT2D eigenvalue weighted by Crippen LogP contribution is -1.97. The van der Waals surface area contributed by atoms with Crippen LogP contribution in [0.3, 0.4) is 0 Å². The zero-order valence-corrected chi connectivity index (χ0v) is 10.8. The van der Waals surface area contributed by atoms with Gasteiger partial charge in [-0.25, -0.2) is 9.50 Å². The maximum Gasteiger partial charge on any atom is 0.274 e. The molecule has 0 radical (unpaired) electrons. The first-order chi connectivity index (χ1) is 9.63. The molecule has 0 unspecified atom stereocenters. The molecule has 0 saturated heterocycles. The van der Waals surface area contributed by atoms with Crippen LogP contribution < -0.4 is 5.32 Å². The van der Waals surface area contributed by atoms with Crippen LogP contribution in [0.25, 0.3) is 5.52 Å². The summed E-state index contributed by atoms with van der Waals surface area (Å²) in [6, 6.07) is 6.28. The molecule has 0 amide bonds. The molecular weight excluding hydrogens is 282 g/mol. The van der Waals surface area contributed by atoms with Gasteiger partial charge in [0.15, 0.2) is 0 Å². The normalized spacial score (nSPS) is 10.7. The monoisotopic (exact) mass is 289 g/mol. The van der Waals surface area contributed by atoms with Gasteiger partial charge in [0.1, 0.15) is 5.82 Å². The maximum absolute atomic E-state index is 10.7. The van der Waals surface area contributed by atoms with E-state index < -0.39 is 4.92 Å². The van der Waals surface area contributed by atoms with Crippen molar-refractivity contribution in [2.45, 2.75) is 0 Å². The van der Waals surface area contributed by atoms with Gasteiger partial charge in [0.25, 0.3) is 5.69 Å². The Labute approximate surface area is 118 Å². The third kappa shape index (κ3) is 2.26. The van der Waals surface area contributed by atoms with Crippen LogP contribution in [0.4, 0.5) is 17.2 Å². The van der Waals surface area contributed by atoms with Crippen LogP contribution in [-0.2, 0) is 0 Å². The Hall–Kier alpha value is -2.67. The molecule has 3 aromatic heterocycles. The predicted octanol–water partition coefficient (Wildman–Crippen LogP) is 3.03. The Bertz CT molecular complexity index is 801. The summed E-state index contributed by atoms with van der Waals surface area (Å²) in [4.78, 5) is 14.3. The van der Waals surface area contributed by atoms with Crippen molar-refractivity contribution in [2.24, 2.45) is 0 Å². The fourth-order valence-electron chi connectivity index (χ4n) is 1.78. The molecule has 7 nitrogen and oxygen atoms in total. The van der Waals surface area contributed by atoms with Gasteiger partial charge in [-0.05, 0) is 12.1 Å². The average Bonchev–Trinajstić information content (AvgIpc) is 2.86. The molecule has 0 aliphatic rings. The zero-order valence-electron chi connectivity index (χ0n) is 10.0. The molecule has 100 valence electrons. The minimum atomic E-state index is -0.478. The summed E-state index contributed by atoms with van der Waals surface area (Å²) in [5.41, 5.74) is 1.42. The van der Waals surface area contributed by atoms with Crippen LogP contribution in [0.5, 0.6) is 0 Å². The molecule has 1 N–H and O–H groups in total. The number of anilines is 2. The molecule has 20 heavy (non-hydrogen) atoms. The summed E-state index contributed by atoms with van der Waals surface area (Å²) in [6.07, 6.45) is 4.67. The second-order valence-electron chi connectivity index (χ2n) is 4.02.